The van der Waals surface area contributed by atoms with Crippen molar-refractivity contribution in [3.05, 3.63) is 56.5 Å². The lowest BCUT2D eigenvalue weighted by atomic mass is 10.1. The number of anilines is 2. The maximum Gasteiger partial charge on any atom is 0.257 e. The predicted molar refractivity (Wildman–Crippen MR) is 110 cm³/mol. The highest BCUT2D eigenvalue weighted by Crippen LogP contribution is 2.51. The summed E-state index contributed by atoms with van der Waals surface area (Å²) in [7, 11) is -2.94. The third kappa shape index (κ3) is 4.27. The van der Waals surface area contributed by atoms with Gasteiger partial charge in [-0.25, -0.2) is 0 Å². The molecule has 0 saturated carbocycles. The van der Waals surface area contributed by atoms with Crippen LogP contribution >= 0.6 is 45.6 Å². The molecular formula is C17H14Cl3N3O3S. The van der Waals surface area contributed by atoms with Crippen molar-refractivity contribution in [2.75, 3.05) is 21.9 Å². The molecule has 3 N–H and O–H groups in total. The van der Waals surface area contributed by atoms with Gasteiger partial charge in [-0.3, -0.25) is 18.2 Å². The molecule has 0 radical (unpaired) electrons. The number of carbonyl (C=O) groups excluding carboxylic acids is 1. The molecule has 0 unspecified atom stereocenters. The van der Waals surface area contributed by atoms with Crippen LogP contribution in [0.1, 0.15) is 22.3 Å². The Morgan fingerprint density at radius 1 is 1.19 bits per heavy atom. The molecule has 0 aromatic heterocycles. The van der Waals surface area contributed by atoms with E-state index < -0.39 is 16.7 Å². The minimum absolute atomic E-state index is 0.0381. The average Bonchev–Trinajstić information content (AvgIpc) is 2.95. The second-order valence-corrected chi connectivity index (χ2v) is 9.21. The van der Waals surface area contributed by atoms with Gasteiger partial charge in [-0.1, -0.05) is 34.8 Å². The molecule has 142 valence electrons. The van der Waals surface area contributed by atoms with E-state index in [0.717, 1.165) is 0 Å². The van der Waals surface area contributed by atoms with Gasteiger partial charge in [-0.15, -0.1) is 10.8 Å². The fourth-order valence-corrected chi connectivity index (χ4v) is 5.01. The maximum absolute atomic E-state index is 12.7. The van der Waals surface area contributed by atoms with Crippen molar-refractivity contribution in [2.45, 2.75) is 6.42 Å². The van der Waals surface area contributed by atoms with Gasteiger partial charge in [0.15, 0.2) is 0 Å². The van der Waals surface area contributed by atoms with Crippen LogP contribution in [0.5, 0.6) is 0 Å². The zero-order valence-electron chi connectivity index (χ0n) is 13.7. The van der Waals surface area contributed by atoms with Crippen LogP contribution in [0.15, 0.2) is 30.3 Å². The molecule has 10 heteroatoms. The third-order valence-corrected chi connectivity index (χ3v) is 6.92. The predicted octanol–water partition coefficient (Wildman–Crippen LogP) is 5.65. The summed E-state index contributed by atoms with van der Waals surface area (Å²) in [5.74, 6) is -0.306. The molecule has 1 amide bonds. The number of benzene rings is 2. The summed E-state index contributed by atoms with van der Waals surface area (Å²) < 4.78 is 21.8. The van der Waals surface area contributed by atoms with Gasteiger partial charge >= 0.3 is 0 Å². The Labute approximate surface area is 172 Å². The molecule has 0 aliphatic carbocycles. The van der Waals surface area contributed by atoms with Crippen molar-refractivity contribution in [3.8, 4) is 6.07 Å². The van der Waals surface area contributed by atoms with Gasteiger partial charge in [0, 0.05) is 17.3 Å². The standard InChI is InChI=1S/C17H14Cl3N3O3S/c18-11-4-10(9-21)5-12(6-11)22-17(24)14-7-13(8-15(19)16(14)20)23-2-1-3-27(23,25)26/h4-8,25-26H,1-3H2,(H,22,24). The number of nitrogens with one attached hydrogen (secondary N) is 1. The number of carbonyl (C=O) groups is 1. The molecule has 2 aromatic carbocycles. The Bertz CT molecular complexity index is 962. The molecule has 1 aliphatic rings. The maximum atomic E-state index is 12.7. The van der Waals surface area contributed by atoms with Crippen molar-refractivity contribution < 1.29 is 13.9 Å². The van der Waals surface area contributed by atoms with Crippen LogP contribution in [0.4, 0.5) is 11.4 Å². The number of rotatable bonds is 3. The number of hydrogen-bond donors (Lipinski definition) is 3. The number of nitriles is 1. The lowest BCUT2D eigenvalue weighted by Gasteiger charge is -2.38. The first-order valence-electron chi connectivity index (χ1n) is 7.76. The molecule has 2 aromatic rings. The monoisotopic (exact) mass is 445 g/mol. The Morgan fingerprint density at radius 3 is 2.56 bits per heavy atom. The van der Waals surface area contributed by atoms with E-state index in [2.05, 4.69) is 5.32 Å². The molecule has 3 rings (SSSR count). The van der Waals surface area contributed by atoms with Crippen LogP contribution in [0.25, 0.3) is 0 Å². The fourth-order valence-electron chi connectivity index (χ4n) is 2.76. The minimum atomic E-state index is -2.94. The Balaban J connectivity index is 1.95. The van der Waals surface area contributed by atoms with E-state index in [4.69, 9.17) is 40.1 Å². The molecular weight excluding hydrogens is 433 g/mol. The van der Waals surface area contributed by atoms with E-state index in [9.17, 15) is 13.9 Å². The van der Waals surface area contributed by atoms with Crippen LogP contribution < -0.4 is 9.62 Å². The van der Waals surface area contributed by atoms with Gasteiger partial charge in [0.1, 0.15) is 0 Å². The van der Waals surface area contributed by atoms with Crippen LogP contribution in [0.3, 0.4) is 0 Å². The number of halogens is 3. The molecule has 0 bridgehead atoms. The highest BCUT2D eigenvalue weighted by Gasteiger charge is 2.30. The quantitative estimate of drug-likeness (QED) is 0.566. The average molecular weight is 447 g/mol. The molecule has 1 saturated heterocycles. The summed E-state index contributed by atoms with van der Waals surface area (Å²) in [6.45, 7) is 0.432. The van der Waals surface area contributed by atoms with Gasteiger partial charge in [0.2, 0.25) is 0 Å². The Hall–Kier alpha value is -1.66. The first kappa shape index (κ1) is 20.1. The minimum Gasteiger partial charge on any atom is -0.322 e. The number of hydrogen-bond acceptors (Lipinski definition) is 5. The molecule has 27 heavy (non-hydrogen) atoms. The van der Waals surface area contributed by atoms with Crippen molar-refractivity contribution >= 4 is 62.9 Å². The SMILES string of the molecule is N#Cc1cc(Cl)cc(NC(=O)c2cc(N3CCCS3(O)O)cc(Cl)c2Cl)c1. The van der Waals surface area contributed by atoms with Crippen molar-refractivity contribution in [3.63, 3.8) is 0 Å². The summed E-state index contributed by atoms with van der Waals surface area (Å²) in [5, 5.41) is 12.1. The molecule has 1 aliphatic heterocycles. The first-order chi connectivity index (χ1) is 12.7. The van der Waals surface area contributed by atoms with Crippen molar-refractivity contribution in [2.24, 2.45) is 0 Å². The van der Waals surface area contributed by atoms with E-state index in [1.165, 1.54) is 34.6 Å². The van der Waals surface area contributed by atoms with Crippen LogP contribution in [-0.4, -0.2) is 27.3 Å². The fraction of sp³-hybridized carbons (Fsp3) is 0.176. The van der Waals surface area contributed by atoms with Gasteiger partial charge in [-0.05, 0) is 36.8 Å². The second-order valence-electron chi connectivity index (χ2n) is 5.88. The van der Waals surface area contributed by atoms with Gasteiger partial charge in [0.05, 0.1) is 38.7 Å². The van der Waals surface area contributed by atoms with Crippen LogP contribution in [-0.2, 0) is 0 Å². The zero-order valence-corrected chi connectivity index (χ0v) is 16.8. The van der Waals surface area contributed by atoms with Crippen LogP contribution in [0.2, 0.25) is 15.1 Å². The number of amides is 1. The van der Waals surface area contributed by atoms with E-state index >= 15 is 0 Å². The van der Waals surface area contributed by atoms with Gasteiger partial charge in [-0.2, -0.15) is 5.26 Å². The molecule has 1 heterocycles. The molecule has 0 atom stereocenters. The number of nitrogens with zero attached hydrogens (tertiary/aromatic N) is 2. The summed E-state index contributed by atoms with van der Waals surface area (Å²) in [6, 6.07) is 9.35. The highest BCUT2D eigenvalue weighted by atomic mass is 35.5. The van der Waals surface area contributed by atoms with Gasteiger partial charge in [0.25, 0.3) is 5.91 Å². The summed E-state index contributed by atoms with van der Waals surface area (Å²) in [5.41, 5.74) is 1.09. The van der Waals surface area contributed by atoms with E-state index in [0.29, 0.717) is 34.9 Å². The van der Waals surface area contributed by atoms with E-state index in [1.807, 2.05) is 6.07 Å². The smallest absolute Gasteiger partial charge is 0.257 e. The lowest BCUT2D eigenvalue weighted by molar-refractivity contribution is 0.102. The summed E-state index contributed by atoms with van der Waals surface area (Å²) in [6.07, 6.45) is 0.615. The molecule has 6 nitrogen and oxygen atoms in total. The van der Waals surface area contributed by atoms with Crippen molar-refractivity contribution in [1.29, 1.82) is 5.26 Å². The third-order valence-electron chi connectivity index (χ3n) is 3.96. The second kappa shape index (κ2) is 7.76. The molecule has 0 spiro atoms. The highest BCUT2D eigenvalue weighted by molar-refractivity contribution is 8.25. The Morgan fingerprint density at radius 2 is 1.93 bits per heavy atom. The van der Waals surface area contributed by atoms with Crippen LogP contribution in [0, 0.1) is 11.3 Å². The largest absolute Gasteiger partial charge is 0.322 e. The zero-order chi connectivity index (χ0) is 19.8. The molecule has 1 fully saturated rings. The topological polar surface area (TPSA) is 96.6 Å². The lowest BCUT2D eigenvalue weighted by Crippen LogP contribution is -2.22. The Kier molecular flexibility index (Phi) is 5.77. The summed E-state index contributed by atoms with van der Waals surface area (Å²) in [4.78, 5) is 12.7. The van der Waals surface area contributed by atoms with E-state index in [1.54, 1.807) is 0 Å². The summed E-state index contributed by atoms with van der Waals surface area (Å²) >= 11 is 18.3. The first-order valence-corrected chi connectivity index (χ1v) is 10.6. The van der Waals surface area contributed by atoms with E-state index in [-0.39, 0.29) is 21.4 Å². The normalized spacial score (nSPS) is 16.7. The van der Waals surface area contributed by atoms with Crippen molar-refractivity contribution in [1.82, 2.24) is 0 Å². The van der Waals surface area contributed by atoms with Gasteiger partial charge < -0.3 is 5.32 Å².